The minimum absolute atomic E-state index is 0.113. The fourth-order valence-electron chi connectivity index (χ4n) is 2.89. The predicted molar refractivity (Wildman–Crippen MR) is 112 cm³/mol. The molecule has 1 N–H and O–H groups in total. The first-order valence-corrected chi connectivity index (χ1v) is 9.45. The quantitative estimate of drug-likeness (QED) is 0.648. The molecule has 0 saturated heterocycles. The van der Waals surface area contributed by atoms with Gasteiger partial charge in [-0.1, -0.05) is 49.7 Å². The number of ether oxygens (including phenoxy) is 2. The standard InChI is InChI=1S/C22H26ClNO3/c1-5-8-15-9-12-19(20(13-15)26-4)27-14-21(25)24-22-16(6-2)10-11-18(23)17(22)7-3/h5,8-13H,6-7,14H2,1-4H3,(H,24,25)/b8-5+. The Morgan fingerprint density at radius 3 is 2.56 bits per heavy atom. The van der Waals surface area contributed by atoms with Crippen molar-refractivity contribution in [2.45, 2.75) is 33.6 Å². The lowest BCUT2D eigenvalue weighted by molar-refractivity contribution is -0.118. The van der Waals surface area contributed by atoms with Crippen LogP contribution in [0.1, 0.15) is 37.5 Å². The molecule has 0 aliphatic rings. The zero-order valence-electron chi connectivity index (χ0n) is 16.3. The van der Waals surface area contributed by atoms with Gasteiger partial charge in [-0.3, -0.25) is 4.79 Å². The molecule has 0 atom stereocenters. The van der Waals surface area contributed by atoms with Crippen molar-refractivity contribution in [3.8, 4) is 11.5 Å². The number of anilines is 1. The van der Waals surface area contributed by atoms with Crippen LogP contribution in [0.4, 0.5) is 5.69 Å². The van der Waals surface area contributed by atoms with Crippen molar-refractivity contribution in [2.24, 2.45) is 0 Å². The molecule has 0 unspecified atom stereocenters. The number of hydrogen-bond acceptors (Lipinski definition) is 3. The number of rotatable bonds is 8. The number of nitrogens with one attached hydrogen (secondary N) is 1. The lowest BCUT2D eigenvalue weighted by Crippen LogP contribution is -2.22. The van der Waals surface area contributed by atoms with Gasteiger partial charge in [0.1, 0.15) is 0 Å². The zero-order chi connectivity index (χ0) is 19.8. The van der Waals surface area contributed by atoms with Crippen molar-refractivity contribution in [3.05, 3.63) is 58.1 Å². The van der Waals surface area contributed by atoms with Crippen LogP contribution in [0, 0.1) is 0 Å². The van der Waals surface area contributed by atoms with E-state index in [1.807, 2.05) is 57.2 Å². The number of carbonyl (C=O) groups is 1. The van der Waals surface area contributed by atoms with Gasteiger partial charge >= 0.3 is 0 Å². The highest BCUT2D eigenvalue weighted by Crippen LogP contribution is 2.30. The highest BCUT2D eigenvalue weighted by atomic mass is 35.5. The summed E-state index contributed by atoms with van der Waals surface area (Å²) in [5.74, 6) is 0.879. The van der Waals surface area contributed by atoms with Crippen molar-refractivity contribution in [2.75, 3.05) is 19.0 Å². The summed E-state index contributed by atoms with van der Waals surface area (Å²) in [7, 11) is 1.58. The van der Waals surface area contributed by atoms with Gasteiger partial charge in [-0.15, -0.1) is 0 Å². The number of aryl methyl sites for hydroxylation is 1. The Kier molecular flexibility index (Phi) is 7.74. The lowest BCUT2D eigenvalue weighted by Gasteiger charge is -2.16. The summed E-state index contributed by atoms with van der Waals surface area (Å²) in [5, 5.41) is 3.62. The van der Waals surface area contributed by atoms with Gasteiger partial charge in [0.2, 0.25) is 0 Å². The molecular weight excluding hydrogens is 362 g/mol. The van der Waals surface area contributed by atoms with Crippen LogP contribution < -0.4 is 14.8 Å². The fraction of sp³-hybridized carbons (Fsp3) is 0.318. The Balaban J connectivity index is 2.13. The van der Waals surface area contributed by atoms with Crippen LogP contribution >= 0.6 is 11.6 Å². The molecule has 0 heterocycles. The smallest absolute Gasteiger partial charge is 0.262 e. The van der Waals surface area contributed by atoms with Gasteiger partial charge in [0.05, 0.1) is 7.11 Å². The van der Waals surface area contributed by atoms with Crippen molar-refractivity contribution in [1.29, 1.82) is 0 Å². The van der Waals surface area contributed by atoms with E-state index in [0.717, 1.165) is 35.2 Å². The van der Waals surface area contributed by atoms with Gasteiger partial charge in [0.25, 0.3) is 5.91 Å². The average Bonchev–Trinajstić information content (AvgIpc) is 2.67. The maximum atomic E-state index is 12.5. The molecule has 2 rings (SSSR count). The number of halogens is 1. The van der Waals surface area contributed by atoms with Crippen LogP contribution in [0.5, 0.6) is 11.5 Å². The van der Waals surface area contributed by atoms with E-state index >= 15 is 0 Å². The molecule has 0 aliphatic carbocycles. The summed E-state index contributed by atoms with van der Waals surface area (Å²) >= 11 is 6.29. The number of carbonyl (C=O) groups excluding carboxylic acids is 1. The molecule has 27 heavy (non-hydrogen) atoms. The number of amides is 1. The van der Waals surface area contributed by atoms with Crippen LogP contribution in [-0.2, 0) is 17.6 Å². The molecule has 5 heteroatoms. The molecular formula is C22H26ClNO3. The maximum Gasteiger partial charge on any atom is 0.262 e. The Bertz CT molecular complexity index is 831. The molecule has 0 spiro atoms. The van der Waals surface area contributed by atoms with Crippen molar-refractivity contribution in [1.82, 2.24) is 0 Å². The average molecular weight is 388 g/mol. The predicted octanol–water partition coefficient (Wildman–Crippen LogP) is 5.52. The molecule has 144 valence electrons. The van der Waals surface area contributed by atoms with Crippen LogP contribution in [0.2, 0.25) is 5.02 Å². The number of benzene rings is 2. The molecule has 0 aromatic heterocycles. The molecule has 2 aromatic rings. The van der Waals surface area contributed by atoms with E-state index in [1.165, 1.54) is 0 Å². The number of methoxy groups -OCH3 is 1. The Morgan fingerprint density at radius 1 is 1.15 bits per heavy atom. The number of allylic oxidation sites excluding steroid dienone is 1. The highest BCUT2D eigenvalue weighted by molar-refractivity contribution is 6.32. The summed E-state index contributed by atoms with van der Waals surface area (Å²) in [6, 6.07) is 9.41. The monoisotopic (exact) mass is 387 g/mol. The van der Waals surface area contributed by atoms with E-state index < -0.39 is 0 Å². The van der Waals surface area contributed by atoms with E-state index in [1.54, 1.807) is 13.2 Å². The van der Waals surface area contributed by atoms with Crippen LogP contribution in [0.25, 0.3) is 6.08 Å². The Morgan fingerprint density at radius 2 is 1.93 bits per heavy atom. The minimum atomic E-state index is -0.235. The molecule has 2 aromatic carbocycles. The molecule has 0 fully saturated rings. The highest BCUT2D eigenvalue weighted by Gasteiger charge is 2.14. The third-order valence-electron chi connectivity index (χ3n) is 4.25. The SMILES string of the molecule is C/C=C/c1ccc(OCC(=O)Nc2c(CC)ccc(Cl)c2CC)c(OC)c1. The topological polar surface area (TPSA) is 47.6 Å². The van der Waals surface area contributed by atoms with E-state index in [4.69, 9.17) is 21.1 Å². The van der Waals surface area contributed by atoms with Gasteiger partial charge in [-0.05, 0) is 54.7 Å². The molecule has 1 amide bonds. The number of hydrogen-bond donors (Lipinski definition) is 1. The van der Waals surface area contributed by atoms with E-state index in [2.05, 4.69) is 5.32 Å². The summed E-state index contributed by atoms with van der Waals surface area (Å²) < 4.78 is 11.0. The van der Waals surface area contributed by atoms with Crippen molar-refractivity contribution >= 4 is 29.3 Å². The minimum Gasteiger partial charge on any atom is -0.493 e. The molecule has 0 radical (unpaired) electrons. The van der Waals surface area contributed by atoms with Crippen LogP contribution in [0.3, 0.4) is 0 Å². The molecule has 4 nitrogen and oxygen atoms in total. The first-order chi connectivity index (χ1) is 13.0. The van der Waals surface area contributed by atoms with Gasteiger partial charge < -0.3 is 14.8 Å². The van der Waals surface area contributed by atoms with Crippen LogP contribution in [0.15, 0.2) is 36.4 Å². The van der Waals surface area contributed by atoms with Gasteiger partial charge in [-0.25, -0.2) is 0 Å². The third kappa shape index (κ3) is 5.27. The summed E-state index contributed by atoms with van der Waals surface area (Å²) in [6.45, 7) is 5.90. The van der Waals surface area contributed by atoms with Gasteiger partial charge in [0, 0.05) is 10.7 Å². The second-order valence-corrected chi connectivity index (χ2v) is 6.42. The fourth-order valence-corrected chi connectivity index (χ4v) is 3.18. The van der Waals surface area contributed by atoms with E-state index in [-0.39, 0.29) is 12.5 Å². The zero-order valence-corrected chi connectivity index (χ0v) is 17.0. The largest absolute Gasteiger partial charge is 0.493 e. The summed E-state index contributed by atoms with van der Waals surface area (Å²) in [6.07, 6.45) is 5.46. The molecule has 0 bridgehead atoms. The van der Waals surface area contributed by atoms with Gasteiger partial charge in [0.15, 0.2) is 18.1 Å². The normalized spacial score (nSPS) is 10.9. The lowest BCUT2D eigenvalue weighted by atomic mass is 10.0. The van der Waals surface area contributed by atoms with Crippen LogP contribution in [-0.4, -0.2) is 19.6 Å². The molecule has 0 saturated carbocycles. The second kappa shape index (κ2) is 10.0. The Labute approximate surface area is 166 Å². The van der Waals surface area contributed by atoms with E-state index in [0.29, 0.717) is 16.5 Å². The first-order valence-electron chi connectivity index (χ1n) is 9.07. The Hall–Kier alpha value is -2.46. The molecule has 0 aliphatic heterocycles. The van der Waals surface area contributed by atoms with E-state index in [9.17, 15) is 4.79 Å². The first kappa shape index (κ1) is 20.8. The van der Waals surface area contributed by atoms with Gasteiger partial charge in [-0.2, -0.15) is 0 Å². The second-order valence-electron chi connectivity index (χ2n) is 6.01. The van der Waals surface area contributed by atoms with Crippen molar-refractivity contribution < 1.29 is 14.3 Å². The summed E-state index contributed by atoms with van der Waals surface area (Å²) in [5.41, 5.74) is 3.79. The maximum absolute atomic E-state index is 12.5. The summed E-state index contributed by atoms with van der Waals surface area (Å²) in [4.78, 5) is 12.5. The third-order valence-corrected chi connectivity index (χ3v) is 4.60. The van der Waals surface area contributed by atoms with Crippen molar-refractivity contribution in [3.63, 3.8) is 0 Å².